The Hall–Kier alpha value is -0.650. The van der Waals surface area contributed by atoms with Gasteiger partial charge in [0.05, 0.1) is 0 Å². The Morgan fingerprint density at radius 3 is 2.81 bits per heavy atom. The lowest BCUT2D eigenvalue weighted by Crippen LogP contribution is -2.32. The van der Waals surface area contributed by atoms with Crippen LogP contribution in [0.15, 0.2) is 23.2 Å². The SMILES string of the molecule is CCCC(C)NS(=O)(=O)c1cccnc1Cl. The van der Waals surface area contributed by atoms with Gasteiger partial charge in [0.2, 0.25) is 10.0 Å². The van der Waals surface area contributed by atoms with Crippen molar-refractivity contribution in [2.24, 2.45) is 0 Å². The van der Waals surface area contributed by atoms with E-state index in [1.807, 2.05) is 13.8 Å². The van der Waals surface area contributed by atoms with Gasteiger partial charge in [0.25, 0.3) is 0 Å². The quantitative estimate of drug-likeness (QED) is 0.828. The highest BCUT2D eigenvalue weighted by Gasteiger charge is 2.20. The molecule has 0 amide bonds. The molecule has 1 heterocycles. The summed E-state index contributed by atoms with van der Waals surface area (Å²) in [6.07, 6.45) is 3.17. The highest BCUT2D eigenvalue weighted by Crippen LogP contribution is 2.18. The van der Waals surface area contributed by atoms with Crippen molar-refractivity contribution in [2.45, 2.75) is 37.6 Å². The fraction of sp³-hybridized carbons (Fsp3) is 0.500. The molecule has 1 aromatic rings. The summed E-state index contributed by atoms with van der Waals surface area (Å²) in [6.45, 7) is 3.83. The summed E-state index contributed by atoms with van der Waals surface area (Å²) in [5.41, 5.74) is 0. The van der Waals surface area contributed by atoms with E-state index in [0.29, 0.717) is 0 Å². The third-order valence-corrected chi connectivity index (χ3v) is 4.13. The van der Waals surface area contributed by atoms with Gasteiger partial charge in [-0.1, -0.05) is 24.9 Å². The molecule has 90 valence electrons. The number of nitrogens with one attached hydrogen (secondary N) is 1. The molecule has 0 aliphatic heterocycles. The van der Waals surface area contributed by atoms with Crippen molar-refractivity contribution in [1.29, 1.82) is 0 Å². The van der Waals surface area contributed by atoms with Crippen LogP contribution in [0.3, 0.4) is 0 Å². The maximum absolute atomic E-state index is 11.9. The predicted molar refractivity (Wildman–Crippen MR) is 63.9 cm³/mol. The number of hydrogen-bond donors (Lipinski definition) is 1. The molecule has 16 heavy (non-hydrogen) atoms. The lowest BCUT2D eigenvalue weighted by atomic mass is 10.2. The molecule has 0 saturated carbocycles. The van der Waals surface area contributed by atoms with E-state index in [0.717, 1.165) is 12.8 Å². The van der Waals surface area contributed by atoms with Gasteiger partial charge in [0.15, 0.2) is 0 Å². The van der Waals surface area contributed by atoms with E-state index in [9.17, 15) is 8.42 Å². The molecule has 0 aromatic carbocycles. The van der Waals surface area contributed by atoms with Crippen molar-refractivity contribution in [3.8, 4) is 0 Å². The third kappa shape index (κ3) is 3.43. The number of rotatable bonds is 5. The maximum Gasteiger partial charge on any atom is 0.243 e. The number of sulfonamides is 1. The summed E-state index contributed by atoms with van der Waals surface area (Å²) in [7, 11) is -3.56. The van der Waals surface area contributed by atoms with Crippen molar-refractivity contribution in [3.05, 3.63) is 23.5 Å². The smallest absolute Gasteiger partial charge is 0.243 e. The van der Waals surface area contributed by atoms with E-state index in [4.69, 9.17) is 11.6 Å². The molecule has 1 rings (SSSR count). The van der Waals surface area contributed by atoms with E-state index < -0.39 is 10.0 Å². The van der Waals surface area contributed by atoms with Crippen LogP contribution in [0.4, 0.5) is 0 Å². The number of aromatic nitrogens is 1. The van der Waals surface area contributed by atoms with Gasteiger partial charge in [0, 0.05) is 12.2 Å². The van der Waals surface area contributed by atoms with E-state index in [1.165, 1.54) is 12.3 Å². The molecule has 0 radical (unpaired) electrons. The minimum atomic E-state index is -3.56. The van der Waals surface area contributed by atoms with E-state index in [-0.39, 0.29) is 16.1 Å². The Morgan fingerprint density at radius 2 is 2.25 bits per heavy atom. The van der Waals surface area contributed by atoms with Gasteiger partial charge < -0.3 is 0 Å². The van der Waals surface area contributed by atoms with Crippen molar-refractivity contribution in [2.75, 3.05) is 0 Å². The van der Waals surface area contributed by atoms with Gasteiger partial charge in [-0.2, -0.15) is 0 Å². The van der Waals surface area contributed by atoms with Gasteiger partial charge in [-0.05, 0) is 25.5 Å². The lowest BCUT2D eigenvalue weighted by molar-refractivity contribution is 0.543. The fourth-order valence-electron chi connectivity index (χ4n) is 1.39. The highest BCUT2D eigenvalue weighted by atomic mass is 35.5. The van der Waals surface area contributed by atoms with Crippen molar-refractivity contribution >= 4 is 21.6 Å². The van der Waals surface area contributed by atoms with Crippen LogP contribution >= 0.6 is 11.6 Å². The van der Waals surface area contributed by atoms with Crippen LogP contribution in [0.25, 0.3) is 0 Å². The Morgan fingerprint density at radius 1 is 1.56 bits per heavy atom. The van der Waals surface area contributed by atoms with Crippen LogP contribution in [-0.2, 0) is 10.0 Å². The minimum Gasteiger partial charge on any atom is -0.243 e. The first-order chi connectivity index (χ1) is 7.47. The van der Waals surface area contributed by atoms with Crippen LogP contribution in [-0.4, -0.2) is 19.4 Å². The average Bonchev–Trinajstić information content (AvgIpc) is 2.17. The van der Waals surface area contributed by atoms with Gasteiger partial charge in [0.1, 0.15) is 10.0 Å². The Bertz CT molecular complexity index is 448. The largest absolute Gasteiger partial charge is 0.243 e. The molecule has 1 aromatic heterocycles. The Kier molecular flexibility index (Phi) is 4.70. The van der Waals surface area contributed by atoms with Gasteiger partial charge in [-0.3, -0.25) is 0 Å². The summed E-state index contributed by atoms with van der Waals surface area (Å²) < 4.78 is 26.4. The van der Waals surface area contributed by atoms with Crippen LogP contribution in [0.5, 0.6) is 0 Å². The second kappa shape index (κ2) is 5.61. The van der Waals surface area contributed by atoms with Gasteiger partial charge in [-0.15, -0.1) is 0 Å². The lowest BCUT2D eigenvalue weighted by Gasteiger charge is -2.13. The summed E-state index contributed by atoms with van der Waals surface area (Å²) in [4.78, 5) is 3.77. The number of nitrogens with zero attached hydrogens (tertiary/aromatic N) is 1. The monoisotopic (exact) mass is 262 g/mol. The fourth-order valence-corrected chi connectivity index (χ4v) is 3.12. The van der Waals surface area contributed by atoms with Crippen LogP contribution in [0.1, 0.15) is 26.7 Å². The second-order valence-electron chi connectivity index (χ2n) is 3.60. The molecule has 0 aliphatic carbocycles. The first-order valence-corrected chi connectivity index (χ1v) is 6.96. The standard InChI is InChI=1S/C10H15ClN2O2S/c1-3-5-8(2)13-16(14,15)9-6-4-7-12-10(9)11/h4,6-8,13H,3,5H2,1-2H3. The predicted octanol–water partition coefficient (Wildman–Crippen LogP) is 2.20. The molecule has 0 bridgehead atoms. The molecule has 6 heteroatoms. The summed E-state index contributed by atoms with van der Waals surface area (Å²) in [5, 5.41) is -0.00121. The molecular weight excluding hydrogens is 248 g/mol. The van der Waals surface area contributed by atoms with E-state index in [2.05, 4.69) is 9.71 Å². The van der Waals surface area contributed by atoms with Crippen molar-refractivity contribution < 1.29 is 8.42 Å². The molecule has 1 atom stereocenters. The van der Waals surface area contributed by atoms with Gasteiger partial charge >= 0.3 is 0 Å². The number of hydrogen-bond acceptors (Lipinski definition) is 3. The normalized spacial score (nSPS) is 13.7. The topological polar surface area (TPSA) is 59.1 Å². The number of halogens is 1. The van der Waals surface area contributed by atoms with Crippen molar-refractivity contribution in [1.82, 2.24) is 9.71 Å². The molecule has 0 saturated heterocycles. The molecule has 0 fully saturated rings. The van der Waals surface area contributed by atoms with Crippen LogP contribution in [0, 0.1) is 0 Å². The average molecular weight is 263 g/mol. The zero-order valence-electron chi connectivity index (χ0n) is 9.27. The third-order valence-electron chi connectivity index (χ3n) is 2.09. The molecule has 0 aliphatic rings. The first-order valence-electron chi connectivity index (χ1n) is 5.10. The second-order valence-corrected chi connectivity index (χ2v) is 5.64. The molecule has 0 spiro atoms. The Labute approximate surface area is 101 Å². The van der Waals surface area contributed by atoms with E-state index in [1.54, 1.807) is 6.07 Å². The highest BCUT2D eigenvalue weighted by molar-refractivity contribution is 7.89. The molecule has 4 nitrogen and oxygen atoms in total. The zero-order chi connectivity index (χ0) is 12.2. The molecule has 1 unspecified atom stereocenters. The number of pyridine rings is 1. The summed E-state index contributed by atoms with van der Waals surface area (Å²) >= 11 is 5.74. The maximum atomic E-state index is 11.9. The van der Waals surface area contributed by atoms with E-state index >= 15 is 0 Å². The molecular formula is C10H15ClN2O2S. The minimum absolute atomic E-state index is 0.00121. The summed E-state index contributed by atoms with van der Waals surface area (Å²) in [6, 6.07) is 2.88. The first kappa shape index (κ1) is 13.4. The zero-order valence-corrected chi connectivity index (χ0v) is 10.8. The van der Waals surface area contributed by atoms with Crippen molar-refractivity contribution in [3.63, 3.8) is 0 Å². The molecule has 1 N–H and O–H groups in total. The van der Waals surface area contributed by atoms with Crippen LogP contribution < -0.4 is 4.72 Å². The van der Waals surface area contributed by atoms with Crippen LogP contribution in [0.2, 0.25) is 5.15 Å². The summed E-state index contributed by atoms with van der Waals surface area (Å²) in [5.74, 6) is 0. The Balaban J connectivity index is 2.91. The van der Waals surface area contributed by atoms with Gasteiger partial charge in [-0.25, -0.2) is 18.1 Å².